The molecule has 5 rings (SSSR count). The van der Waals surface area contributed by atoms with Gasteiger partial charge in [-0.25, -0.2) is 9.37 Å². The summed E-state index contributed by atoms with van der Waals surface area (Å²) in [4.78, 5) is 11.4. The summed E-state index contributed by atoms with van der Waals surface area (Å²) in [5, 5.41) is 4.68. The molecule has 1 atom stereocenters. The van der Waals surface area contributed by atoms with Crippen molar-refractivity contribution in [1.29, 1.82) is 0 Å². The number of fused-ring (bicyclic) bond motifs is 1. The zero-order chi connectivity index (χ0) is 21.0. The normalized spacial score (nSPS) is 12.3. The second kappa shape index (κ2) is 8.58. The summed E-state index contributed by atoms with van der Waals surface area (Å²) >= 11 is 0. The van der Waals surface area contributed by atoms with Crippen molar-refractivity contribution in [2.75, 3.05) is 0 Å². The molecular weight excluding hydrogens is 387 g/mol. The summed E-state index contributed by atoms with van der Waals surface area (Å²) in [6.45, 7) is 0.726. The molecule has 0 aliphatic heterocycles. The van der Waals surface area contributed by atoms with Gasteiger partial charge < -0.3 is 15.3 Å². The van der Waals surface area contributed by atoms with Crippen molar-refractivity contribution in [1.82, 2.24) is 20.3 Å². The third-order valence-corrected chi connectivity index (χ3v) is 5.55. The van der Waals surface area contributed by atoms with Crippen LogP contribution in [0.5, 0.6) is 0 Å². The molecule has 0 fully saturated rings. The summed E-state index contributed by atoms with van der Waals surface area (Å²) in [5.74, 6) is 0.643. The largest absolute Gasteiger partial charge is 0.361 e. The molecule has 0 bridgehead atoms. The molecule has 3 N–H and O–H groups in total. The molecule has 4 nitrogen and oxygen atoms in total. The molecule has 3 aromatic carbocycles. The zero-order valence-electron chi connectivity index (χ0n) is 17.0. The molecule has 5 heteroatoms. The molecule has 5 aromatic rings. The van der Waals surface area contributed by atoms with Gasteiger partial charge in [0.15, 0.2) is 0 Å². The molecule has 0 saturated heterocycles. The summed E-state index contributed by atoms with van der Waals surface area (Å²) in [6, 6.07) is 25.3. The van der Waals surface area contributed by atoms with Crippen LogP contribution in [0.2, 0.25) is 0 Å². The van der Waals surface area contributed by atoms with Crippen LogP contribution < -0.4 is 5.32 Å². The van der Waals surface area contributed by atoms with Gasteiger partial charge >= 0.3 is 0 Å². The first kappa shape index (κ1) is 19.3. The predicted molar refractivity (Wildman–Crippen MR) is 122 cm³/mol. The van der Waals surface area contributed by atoms with E-state index < -0.39 is 0 Å². The van der Waals surface area contributed by atoms with Gasteiger partial charge in [-0.1, -0.05) is 60.7 Å². The third-order valence-electron chi connectivity index (χ3n) is 5.55. The molecule has 0 aliphatic carbocycles. The number of hydrogen-bond acceptors (Lipinski definition) is 2. The molecular formula is C26H23FN4. The lowest BCUT2D eigenvalue weighted by Crippen LogP contribution is -2.24. The Balaban J connectivity index is 1.44. The lowest BCUT2D eigenvalue weighted by Gasteiger charge is -2.17. The highest BCUT2D eigenvalue weighted by Gasteiger charge is 2.18. The van der Waals surface area contributed by atoms with Crippen molar-refractivity contribution in [2.24, 2.45) is 0 Å². The van der Waals surface area contributed by atoms with Crippen LogP contribution in [0.25, 0.3) is 22.2 Å². The minimum Gasteiger partial charge on any atom is -0.361 e. The van der Waals surface area contributed by atoms with Gasteiger partial charge in [0.25, 0.3) is 0 Å². The van der Waals surface area contributed by atoms with Crippen molar-refractivity contribution >= 4 is 10.9 Å². The molecule has 154 valence electrons. The number of benzene rings is 3. The van der Waals surface area contributed by atoms with Gasteiger partial charge in [0.1, 0.15) is 11.6 Å². The smallest absolute Gasteiger partial charge is 0.125 e. The number of halogens is 1. The fraction of sp³-hybridized carbons (Fsp3) is 0.115. The molecule has 31 heavy (non-hydrogen) atoms. The highest BCUT2D eigenvalue weighted by Crippen LogP contribution is 2.26. The van der Waals surface area contributed by atoms with E-state index in [1.807, 2.05) is 54.9 Å². The number of nitrogens with one attached hydrogen (secondary N) is 3. The second-order valence-electron chi connectivity index (χ2n) is 7.66. The Labute approximate surface area is 180 Å². The third kappa shape index (κ3) is 4.27. The number of aromatic amines is 2. The van der Waals surface area contributed by atoms with E-state index in [-0.39, 0.29) is 11.9 Å². The standard InChI is InChI=1S/C26H23FN4/c27-21-11-12-22-20(16-29-23(22)14-21)13-24(28-15-18-7-3-1-4-8-18)26-30-17-25(31-26)19-9-5-2-6-10-19/h1-12,14,16-17,24,28-29H,13,15H2,(H,30,31)/t24-/m0/s1. The SMILES string of the molecule is Fc1ccc2c(C[C@H](NCc3ccccc3)c3nc(-c4ccccc4)c[nH]3)c[nH]c2c1. The minimum absolute atomic E-state index is 0.0262. The number of nitrogens with zero attached hydrogens (tertiary/aromatic N) is 1. The van der Waals surface area contributed by atoms with E-state index >= 15 is 0 Å². The Morgan fingerprint density at radius 2 is 1.65 bits per heavy atom. The van der Waals surface area contributed by atoms with Crippen LogP contribution in [0.3, 0.4) is 0 Å². The molecule has 0 aliphatic rings. The van der Waals surface area contributed by atoms with E-state index in [0.29, 0.717) is 0 Å². The average molecular weight is 410 g/mol. The fourth-order valence-corrected chi connectivity index (χ4v) is 3.92. The first-order chi connectivity index (χ1) is 15.3. The van der Waals surface area contributed by atoms with Crippen molar-refractivity contribution < 1.29 is 4.39 Å². The van der Waals surface area contributed by atoms with Gasteiger partial charge in [0.05, 0.1) is 11.7 Å². The van der Waals surface area contributed by atoms with Crippen LogP contribution in [0.1, 0.15) is 23.0 Å². The lowest BCUT2D eigenvalue weighted by atomic mass is 10.0. The zero-order valence-corrected chi connectivity index (χ0v) is 17.0. The number of hydrogen-bond donors (Lipinski definition) is 3. The van der Waals surface area contributed by atoms with Gasteiger partial charge in [0, 0.05) is 35.4 Å². The van der Waals surface area contributed by atoms with Crippen molar-refractivity contribution in [2.45, 2.75) is 19.0 Å². The van der Waals surface area contributed by atoms with Crippen molar-refractivity contribution in [3.05, 3.63) is 114 Å². The Morgan fingerprint density at radius 1 is 0.871 bits per heavy atom. The molecule has 0 unspecified atom stereocenters. The van der Waals surface area contributed by atoms with E-state index in [0.717, 1.165) is 46.5 Å². The highest BCUT2D eigenvalue weighted by atomic mass is 19.1. The van der Waals surface area contributed by atoms with E-state index in [4.69, 9.17) is 4.98 Å². The molecule has 0 saturated carbocycles. The van der Waals surface area contributed by atoms with Gasteiger partial charge in [-0.05, 0) is 35.7 Å². The van der Waals surface area contributed by atoms with Crippen LogP contribution in [0.4, 0.5) is 4.39 Å². The topological polar surface area (TPSA) is 56.5 Å². The number of aromatic nitrogens is 3. The maximum absolute atomic E-state index is 13.6. The molecule has 0 amide bonds. The van der Waals surface area contributed by atoms with E-state index in [1.54, 1.807) is 0 Å². The van der Waals surface area contributed by atoms with Gasteiger partial charge in [-0.2, -0.15) is 0 Å². The first-order valence-electron chi connectivity index (χ1n) is 10.4. The van der Waals surface area contributed by atoms with Crippen molar-refractivity contribution in [3.63, 3.8) is 0 Å². The quantitative estimate of drug-likeness (QED) is 0.319. The number of H-pyrrole nitrogens is 2. The summed E-state index contributed by atoms with van der Waals surface area (Å²) in [7, 11) is 0. The van der Waals surface area contributed by atoms with Gasteiger partial charge in [-0.15, -0.1) is 0 Å². The maximum atomic E-state index is 13.6. The monoisotopic (exact) mass is 410 g/mol. The minimum atomic E-state index is -0.238. The second-order valence-corrected chi connectivity index (χ2v) is 7.66. The maximum Gasteiger partial charge on any atom is 0.125 e. The average Bonchev–Trinajstić information content (AvgIpc) is 3.45. The Hall–Kier alpha value is -3.70. The molecule has 0 radical (unpaired) electrons. The van der Waals surface area contributed by atoms with E-state index in [2.05, 4.69) is 39.6 Å². The summed E-state index contributed by atoms with van der Waals surface area (Å²) in [5.41, 5.74) is 5.14. The molecule has 0 spiro atoms. The van der Waals surface area contributed by atoms with Crippen molar-refractivity contribution in [3.8, 4) is 11.3 Å². The Bertz CT molecular complexity index is 1270. The van der Waals surface area contributed by atoms with Crippen LogP contribution in [-0.4, -0.2) is 15.0 Å². The molecule has 2 aromatic heterocycles. The fourth-order valence-electron chi connectivity index (χ4n) is 3.92. The van der Waals surface area contributed by atoms with Gasteiger partial charge in [-0.3, -0.25) is 0 Å². The summed E-state index contributed by atoms with van der Waals surface area (Å²) in [6.07, 6.45) is 4.63. The highest BCUT2D eigenvalue weighted by molar-refractivity contribution is 5.83. The Kier molecular flexibility index (Phi) is 5.33. The van der Waals surface area contributed by atoms with Crippen LogP contribution in [-0.2, 0) is 13.0 Å². The van der Waals surface area contributed by atoms with Crippen LogP contribution in [0, 0.1) is 5.82 Å². The van der Waals surface area contributed by atoms with Gasteiger partial charge in [0.2, 0.25) is 0 Å². The molecule has 2 heterocycles. The predicted octanol–water partition coefficient (Wildman–Crippen LogP) is 5.77. The Morgan fingerprint density at radius 3 is 2.45 bits per heavy atom. The number of imidazole rings is 1. The van der Waals surface area contributed by atoms with E-state index in [9.17, 15) is 4.39 Å². The van der Waals surface area contributed by atoms with Crippen LogP contribution in [0.15, 0.2) is 91.3 Å². The van der Waals surface area contributed by atoms with E-state index in [1.165, 1.54) is 17.7 Å². The lowest BCUT2D eigenvalue weighted by molar-refractivity contribution is 0.510. The summed E-state index contributed by atoms with van der Waals surface area (Å²) < 4.78 is 13.6. The number of rotatable bonds is 7. The first-order valence-corrected chi connectivity index (χ1v) is 10.4. The van der Waals surface area contributed by atoms with Crippen LogP contribution >= 0.6 is 0 Å².